The van der Waals surface area contributed by atoms with Crippen molar-refractivity contribution in [2.45, 2.75) is 26.2 Å². The van der Waals surface area contributed by atoms with E-state index in [0.717, 1.165) is 31.6 Å². The van der Waals surface area contributed by atoms with E-state index in [1.165, 1.54) is 16.7 Å². The first kappa shape index (κ1) is 17.8. The largest absolute Gasteiger partial charge is 0.329 e. The highest BCUT2D eigenvalue weighted by molar-refractivity contribution is 5.98. The van der Waals surface area contributed by atoms with E-state index in [1.807, 2.05) is 30.3 Å². The van der Waals surface area contributed by atoms with Gasteiger partial charge in [-0.2, -0.15) is 0 Å². The number of aryl methyl sites for hydroxylation is 1. The van der Waals surface area contributed by atoms with Crippen molar-refractivity contribution in [2.24, 2.45) is 11.7 Å². The van der Waals surface area contributed by atoms with Crippen molar-refractivity contribution in [3.05, 3.63) is 70.8 Å². The molecule has 0 unspecified atom stereocenters. The zero-order valence-corrected chi connectivity index (χ0v) is 15.2. The second-order valence-corrected chi connectivity index (χ2v) is 7.11. The fourth-order valence-corrected chi connectivity index (χ4v) is 4.04. The first-order chi connectivity index (χ1) is 12.1. The van der Waals surface area contributed by atoms with Gasteiger partial charge in [-0.3, -0.25) is 4.79 Å². The van der Waals surface area contributed by atoms with Crippen LogP contribution >= 0.6 is 0 Å². The number of ketones is 1. The average Bonchev–Trinajstić information content (AvgIpc) is 2.64. The molecule has 0 aliphatic carbocycles. The first-order valence-electron chi connectivity index (χ1n) is 9.19. The van der Waals surface area contributed by atoms with Crippen LogP contribution in [0.1, 0.15) is 39.4 Å². The number of carbonyl (C=O) groups excluding carboxylic acids is 1. The van der Waals surface area contributed by atoms with Gasteiger partial charge in [0.15, 0.2) is 5.78 Å². The van der Waals surface area contributed by atoms with Gasteiger partial charge in [-0.15, -0.1) is 0 Å². The van der Waals surface area contributed by atoms with Crippen LogP contribution < -0.4 is 5.73 Å². The minimum atomic E-state index is -0.0109. The van der Waals surface area contributed by atoms with Gasteiger partial charge in [0, 0.05) is 31.1 Å². The van der Waals surface area contributed by atoms with E-state index < -0.39 is 0 Å². The minimum Gasteiger partial charge on any atom is -0.329 e. The number of likely N-dealkylation sites (tertiary alicyclic amines) is 1. The summed E-state index contributed by atoms with van der Waals surface area (Å²) in [7, 11) is 0. The third-order valence-electron chi connectivity index (χ3n) is 5.58. The van der Waals surface area contributed by atoms with Crippen LogP contribution in [0.3, 0.4) is 0 Å². The van der Waals surface area contributed by atoms with Crippen molar-refractivity contribution in [3.8, 4) is 0 Å². The molecule has 2 aromatic carbocycles. The van der Waals surface area contributed by atoms with Gasteiger partial charge < -0.3 is 10.6 Å². The Balaban J connectivity index is 1.95. The summed E-state index contributed by atoms with van der Waals surface area (Å²) in [5.41, 5.74) is 10.5. The van der Waals surface area contributed by atoms with Crippen LogP contribution in [0, 0.1) is 19.8 Å². The summed E-state index contributed by atoms with van der Waals surface area (Å²) in [6.45, 7) is 7.63. The van der Waals surface area contributed by atoms with E-state index in [0.29, 0.717) is 6.54 Å². The van der Waals surface area contributed by atoms with Gasteiger partial charge in [-0.05, 0) is 49.4 Å². The van der Waals surface area contributed by atoms with Crippen molar-refractivity contribution < 1.29 is 4.79 Å². The zero-order chi connectivity index (χ0) is 17.8. The molecule has 1 aliphatic heterocycles. The maximum atomic E-state index is 13.3. The van der Waals surface area contributed by atoms with E-state index in [2.05, 4.69) is 36.9 Å². The minimum absolute atomic E-state index is 0.0109. The number of piperidine rings is 1. The topological polar surface area (TPSA) is 46.3 Å². The second kappa shape index (κ2) is 7.94. The molecule has 1 heterocycles. The summed E-state index contributed by atoms with van der Waals surface area (Å²) >= 11 is 0. The Morgan fingerprint density at radius 2 is 1.88 bits per heavy atom. The van der Waals surface area contributed by atoms with Gasteiger partial charge in [0.2, 0.25) is 0 Å². The molecule has 0 bridgehead atoms. The van der Waals surface area contributed by atoms with Crippen molar-refractivity contribution in [3.63, 3.8) is 0 Å². The van der Waals surface area contributed by atoms with Gasteiger partial charge in [-0.1, -0.05) is 48.5 Å². The van der Waals surface area contributed by atoms with Crippen LogP contribution in [-0.4, -0.2) is 36.9 Å². The molecule has 0 aromatic heterocycles. The molecule has 0 spiro atoms. The SMILES string of the molecule is Cc1cccc([C@H]2CCN(CCN)C[C@@H]2C(=O)c2ccccc2)c1C. The van der Waals surface area contributed by atoms with Crippen LogP contribution in [0.2, 0.25) is 0 Å². The van der Waals surface area contributed by atoms with Crippen molar-refractivity contribution >= 4 is 5.78 Å². The third-order valence-corrected chi connectivity index (χ3v) is 5.58. The highest BCUT2D eigenvalue weighted by Crippen LogP contribution is 2.37. The lowest BCUT2D eigenvalue weighted by atomic mass is 9.75. The maximum absolute atomic E-state index is 13.3. The zero-order valence-electron chi connectivity index (χ0n) is 15.2. The van der Waals surface area contributed by atoms with Crippen LogP contribution in [0.4, 0.5) is 0 Å². The fourth-order valence-electron chi connectivity index (χ4n) is 4.04. The summed E-state index contributed by atoms with van der Waals surface area (Å²) in [4.78, 5) is 15.6. The van der Waals surface area contributed by atoms with Gasteiger partial charge >= 0.3 is 0 Å². The van der Waals surface area contributed by atoms with E-state index >= 15 is 0 Å². The molecule has 3 rings (SSSR count). The summed E-state index contributed by atoms with van der Waals surface area (Å²) in [5.74, 6) is 0.526. The average molecular weight is 336 g/mol. The lowest BCUT2D eigenvalue weighted by Crippen LogP contribution is -2.44. The van der Waals surface area contributed by atoms with Gasteiger partial charge in [-0.25, -0.2) is 0 Å². The highest BCUT2D eigenvalue weighted by Gasteiger charge is 2.36. The third kappa shape index (κ3) is 3.83. The number of nitrogens with zero attached hydrogens (tertiary/aromatic N) is 1. The molecule has 3 nitrogen and oxygen atoms in total. The molecule has 2 aromatic rings. The summed E-state index contributed by atoms with van der Waals surface area (Å²) < 4.78 is 0. The quantitative estimate of drug-likeness (QED) is 0.849. The highest BCUT2D eigenvalue weighted by atomic mass is 16.1. The Morgan fingerprint density at radius 3 is 2.60 bits per heavy atom. The predicted molar refractivity (Wildman–Crippen MR) is 103 cm³/mol. The van der Waals surface area contributed by atoms with Crippen molar-refractivity contribution in [2.75, 3.05) is 26.2 Å². The predicted octanol–water partition coefficient (Wildman–Crippen LogP) is 3.55. The number of carbonyl (C=O) groups is 1. The molecular weight excluding hydrogens is 308 g/mol. The molecule has 2 N–H and O–H groups in total. The van der Waals surface area contributed by atoms with Crippen molar-refractivity contribution in [1.29, 1.82) is 0 Å². The maximum Gasteiger partial charge on any atom is 0.167 e. The van der Waals surface area contributed by atoms with Crippen LogP contribution in [0.5, 0.6) is 0 Å². The molecule has 0 saturated carbocycles. The lowest BCUT2D eigenvalue weighted by Gasteiger charge is -2.38. The number of hydrogen-bond donors (Lipinski definition) is 1. The molecule has 132 valence electrons. The Kier molecular flexibility index (Phi) is 5.67. The van der Waals surface area contributed by atoms with Gasteiger partial charge in [0.25, 0.3) is 0 Å². The van der Waals surface area contributed by atoms with Crippen LogP contribution in [-0.2, 0) is 0 Å². The molecule has 0 radical (unpaired) electrons. The van der Waals surface area contributed by atoms with Crippen molar-refractivity contribution in [1.82, 2.24) is 4.90 Å². The fraction of sp³-hybridized carbons (Fsp3) is 0.409. The number of rotatable bonds is 5. The van der Waals surface area contributed by atoms with E-state index in [1.54, 1.807) is 0 Å². The number of nitrogens with two attached hydrogens (primary N) is 1. The monoisotopic (exact) mass is 336 g/mol. The van der Waals surface area contributed by atoms with Crippen LogP contribution in [0.25, 0.3) is 0 Å². The summed E-state index contributed by atoms with van der Waals surface area (Å²) in [5, 5.41) is 0. The summed E-state index contributed by atoms with van der Waals surface area (Å²) in [6.07, 6.45) is 1.01. The Hall–Kier alpha value is -1.97. The molecule has 3 heteroatoms. The summed E-state index contributed by atoms with van der Waals surface area (Å²) in [6, 6.07) is 16.2. The van der Waals surface area contributed by atoms with Gasteiger partial charge in [0.1, 0.15) is 0 Å². The van der Waals surface area contributed by atoms with E-state index in [9.17, 15) is 4.79 Å². The first-order valence-corrected chi connectivity index (χ1v) is 9.19. The smallest absolute Gasteiger partial charge is 0.167 e. The standard InChI is InChI=1S/C22H28N2O/c1-16-7-6-10-19(17(16)2)20-11-13-24(14-12-23)15-21(20)22(25)18-8-4-3-5-9-18/h3-10,20-21H,11-15,23H2,1-2H3/t20-,21+/m1/s1. The van der Waals surface area contributed by atoms with Gasteiger partial charge in [0.05, 0.1) is 0 Å². The van der Waals surface area contributed by atoms with E-state index in [-0.39, 0.29) is 17.6 Å². The Labute approximate surface area is 150 Å². The Bertz CT molecular complexity index is 726. The lowest BCUT2D eigenvalue weighted by molar-refractivity contribution is 0.0783. The van der Waals surface area contributed by atoms with E-state index in [4.69, 9.17) is 5.73 Å². The molecule has 1 aliphatic rings. The molecule has 1 saturated heterocycles. The molecule has 0 amide bonds. The second-order valence-electron chi connectivity index (χ2n) is 7.11. The normalized spacial score (nSPS) is 21.2. The molecule has 1 fully saturated rings. The Morgan fingerprint density at radius 1 is 1.12 bits per heavy atom. The molecular formula is C22H28N2O. The number of Topliss-reactive ketones (excluding diaryl/α,β-unsaturated/α-hetero) is 1. The number of benzene rings is 2. The number of hydrogen-bond acceptors (Lipinski definition) is 3. The van der Waals surface area contributed by atoms with Crippen LogP contribution in [0.15, 0.2) is 48.5 Å². The molecule has 2 atom stereocenters. The molecule has 25 heavy (non-hydrogen) atoms.